The molecule has 0 radical (unpaired) electrons. The molecule has 3 rings (SSSR count). The monoisotopic (exact) mass is 353 g/mol. The van der Waals surface area contributed by atoms with Crippen molar-refractivity contribution in [2.75, 3.05) is 19.6 Å². The number of aryl methyl sites for hydroxylation is 2. The molecule has 1 unspecified atom stereocenters. The largest absolute Gasteiger partial charge is 0.327 e. The van der Waals surface area contributed by atoms with E-state index in [4.69, 9.17) is 17.6 Å². The number of fused-ring (bicyclic) bond motifs is 1. The third-order valence-electron chi connectivity index (χ3n) is 4.77. The summed E-state index contributed by atoms with van der Waals surface area (Å²) in [5.41, 5.74) is 3.61. The van der Waals surface area contributed by atoms with E-state index in [9.17, 15) is 0 Å². The van der Waals surface area contributed by atoms with E-state index in [0.29, 0.717) is 0 Å². The summed E-state index contributed by atoms with van der Waals surface area (Å²) >= 11 is 4.90. The average Bonchev–Trinajstić information content (AvgIpc) is 3.04. The maximum atomic E-state index is 4.91. The van der Waals surface area contributed by atoms with Crippen molar-refractivity contribution in [2.45, 2.75) is 32.1 Å². The number of likely N-dealkylation sites (N-methyl/N-ethyl adjacent to an activating group) is 1. The zero-order chi connectivity index (χ0) is 17.6. The number of benzene rings is 2. The highest BCUT2D eigenvalue weighted by Gasteiger charge is 2.19. The van der Waals surface area contributed by atoms with Crippen molar-refractivity contribution in [2.24, 2.45) is 0 Å². The van der Waals surface area contributed by atoms with Crippen molar-refractivity contribution in [1.82, 2.24) is 14.5 Å². The fourth-order valence-electron chi connectivity index (χ4n) is 3.28. The molecule has 0 saturated carbocycles. The van der Waals surface area contributed by atoms with Gasteiger partial charge in [0.1, 0.15) is 5.82 Å². The Kier molecular flexibility index (Phi) is 6.16. The molecule has 1 heterocycles. The van der Waals surface area contributed by atoms with E-state index in [0.717, 1.165) is 43.9 Å². The number of imidazole rings is 1. The van der Waals surface area contributed by atoms with Gasteiger partial charge in [0, 0.05) is 13.1 Å². The van der Waals surface area contributed by atoms with E-state index in [-0.39, 0.29) is 5.25 Å². The molecule has 3 nitrogen and oxygen atoms in total. The van der Waals surface area contributed by atoms with Crippen molar-refractivity contribution < 1.29 is 0 Å². The Hall–Kier alpha value is -1.78. The van der Waals surface area contributed by atoms with Crippen LogP contribution in [0.15, 0.2) is 54.6 Å². The highest BCUT2D eigenvalue weighted by Crippen LogP contribution is 2.26. The molecule has 0 bridgehead atoms. The van der Waals surface area contributed by atoms with Gasteiger partial charge in [0.25, 0.3) is 0 Å². The Morgan fingerprint density at radius 1 is 1.00 bits per heavy atom. The maximum absolute atomic E-state index is 4.91. The number of para-hydroxylation sites is 2. The second kappa shape index (κ2) is 8.54. The summed E-state index contributed by atoms with van der Waals surface area (Å²) in [7, 11) is 0. The normalized spacial score (nSPS) is 12.8. The summed E-state index contributed by atoms with van der Waals surface area (Å²) in [4.78, 5) is 7.31. The van der Waals surface area contributed by atoms with Crippen LogP contribution in [0.5, 0.6) is 0 Å². The van der Waals surface area contributed by atoms with Crippen LogP contribution in [0.3, 0.4) is 0 Å². The van der Waals surface area contributed by atoms with Gasteiger partial charge in [-0.05, 0) is 37.2 Å². The molecule has 3 aromatic rings. The Bertz CT molecular complexity index is 793. The first-order chi connectivity index (χ1) is 12.2. The standard InChI is InChI=1S/C21H27N3S/c1-3-23(4-2)16-20(25)21-22-18-12-8-9-13-19(18)24(21)15-14-17-10-6-5-7-11-17/h5-13,20,25H,3-4,14-16H2,1-2H3. The summed E-state index contributed by atoms with van der Waals surface area (Å²) in [6.45, 7) is 8.32. The lowest BCUT2D eigenvalue weighted by Crippen LogP contribution is -2.27. The molecule has 0 aliphatic carbocycles. The molecule has 132 valence electrons. The first-order valence-corrected chi connectivity index (χ1v) is 9.64. The Morgan fingerprint density at radius 2 is 1.68 bits per heavy atom. The van der Waals surface area contributed by atoms with Gasteiger partial charge in [0.05, 0.1) is 16.3 Å². The van der Waals surface area contributed by atoms with Crippen LogP contribution in [0.25, 0.3) is 11.0 Å². The molecule has 0 aliphatic heterocycles. The minimum absolute atomic E-state index is 0.114. The van der Waals surface area contributed by atoms with E-state index in [1.165, 1.54) is 11.1 Å². The first-order valence-electron chi connectivity index (χ1n) is 9.12. The molecule has 0 fully saturated rings. The van der Waals surface area contributed by atoms with Gasteiger partial charge in [-0.25, -0.2) is 4.98 Å². The Morgan fingerprint density at radius 3 is 2.40 bits per heavy atom. The first kappa shape index (κ1) is 18.0. The van der Waals surface area contributed by atoms with Gasteiger partial charge in [-0.15, -0.1) is 0 Å². The van der Waals surface area contributed by atoms with Gasteiger partial charge in [0.15, 0.2) is 0 Å². The average molecular weight is 354 g/mol. The Balaban J connectivity index is 1.88. The molecular formula is C21H27N3S. The van der Waals surface area contributed by atoms with Crippen LogP contribution in [0.2, 0.25) is 0 Å². The molecule has 0 amide bonds. The fourth-order valence-corrected chi connectivity index (χ4v) is 3.71. The summed E-state index contributed by atoms with van der Waals surface area (Å²) in [6.07, 6.45) is 1.000. The third kappa shape index (κ3) is 4.25. The smallest absolute Gasteiger partial charge is 0.124 e. The molecule has 0 saturated heterocycles. The number of hydrogen-bond donors (Lipinski definition) is 1. The summed E-state index contributed by atoms with van der Waals surface area (Å²) < 4.78 is 2.35. The fraction of sp³-hybridized carbons (Fsp3) is 0.381. The second-order valence-electron chi connectivity index (χ2n) is 6.35. The van der Waals surface area contributed by atoms with Crippen molar-refractivity contribution in [3.8, 4) is 0 Å². The van der Waals surface area contributed by atoms with Gasteiger partial charge in [-0.1, -0.05) is 56.3 Å². The zero-order valence-electron chi connectivity index (χ0n) is 15.1. The molecule has 0 N–H and O–H groups in total. The van der Waals surface area contributed by atoms with Crippen LogP contribution in [0.1, 0.15) is 30.5 Å². The van der Waals surface area contributed by atoms with Crippen molar-refractivity contribution >= 4 is 23.7 Å². The molecule has 25 heavy (non-hydrogen) atoms. The second-order valence-corrected chi connectivity index (χ2v) is 6.97. The van der Waals surface area contributed by atoms with Crippen molar-refractivity contribution in [3.05, 3.63) is 66.0 Å². The maximum Gasteiger partial charge on any atom is 0.124 e. The molecule has 0 aliphatic rings. The molecule has 1 aromatic heterocycles. The topological polar surface area (TPSA) is 21.1 Å². The highest BCUT2D eigenvalue weighted by molar-refractivity contribution is 7.80. The van der Waals surface area contributed by atoms with Crippen molar-refractivity contribution in [3.63, 3.8) is 0 Å². The number of aromatic nitrogens is 2. The SMILES string of the molecule is CCN(CC)CC(S)c1nc2ccccc2n1CCc1ccccc1. The van der Waals surface area contributed by atoms with E-state index in [1.54, 1.807) is 0 Å². The Labute approximate surface area is 156 Å². The van der Waals surface area contributed by atoms with E-state index < -0.39 is 0 Å². The quantitative estimate of drug-likeness (QED) is 0.598. The van der Waals surface area contributed by atoms with Crippen LogP contribution in [0.4, 0.5) is 0 Å². The molecule has 1 atom stereocenters. The number of hydrogen-bond acceptors (Lipinski definition) is 3. The van der Waals surface area contributed by atoms with Crippen LogP contribution >= 0.6 is 12.6 Å². The molecule has 0 spiro atoms. The number of nitrogens with zero attached hydrogens (tertiary/aromatic N) is 3. The van der Waals surface area contributed by atoms with Gasteiger partial charge in [0.2, 0.25) is 0 Å². The lowest BCUT2D eigenvalue weighted by molar-refractivity contribution is 0.302. The summed E-state index contributed by atoms with van der Waals surface area (Å²) in [5.74, 6) is 1.08. The van der Waals surface area contributed by atoms with Crippen molar-refractivity contribution in [1.29, 1.82) is 0 Å². The molecule has 2 aromatic carbocycles. The number of thiol groups is 1. The lowest BCUT2D eigenvalue weighted by atomic mass is 10.1. The van der Waals surface area contributed by atoms with E-state index in [1.807, 2.05) is 0 Å². The van der Waals surface area contributed by atoms with Gasteiger partial charge in [-0.3, -0.25) is 0 Å². The third-order valence-corrected chi connectivity index (χ3v) is 5.17. The van der Waals surface area contributed by atoms with Gasteiger partial charge >= 0.3 is 0 Å². The lowest BCUT2D eigenvalue weighted by Gasteiger charge is -2.22. The summed E-state index contributed by atoms with van der Waals surface area (Å²) in [5, 5.41) is 0.114. The van der Waals surface area contributed by atoms with Crippen LogP contribution in [-0.4, -0.2) is 34.1 Å². The molecule has 4 heteroatoms. The van der Waals surface area contributed by atoms with Crippen LogP contribution in [0, 0.1) is 0 Å². The van der Waals surface area contributed by atoms with E-state index in [2.05, 4.69) is 77.9 Å². The number of rotatable bonds is 8. The molecular weight excluding hydrogens is 326 g/mol. The summed E-state index contributed by atoms with van der Waals surface area (Å²) in [6, 6.07) is 19.0. The van der Waals surface area contributed by atoms with Gasteiger partial charge < -0.3 is 9.47 Å². The predicted octanol–water partition coefficient (Wildman–Crippen LogP) is 4.59. The highest BCUT2D eigenvalue weighted by atomic mass is 32.1. The zero-order valence-corrected chi connectivity index (χ0v) is 16.0. The van der Waals surface area contributed by atoms with E-state index >= 15 is 0 Å². The minimum atomic E-state index is 0.114. The van der Waals surface area contributed by atoms with Gasteiger partial charge in [-0.2, -0.15) is 12.6 Å². The predicted molar refractivity (Wildman–Crippen MR) is 109 cm³/mol. The van der Waals surface area contributed by atoms with Crippen LogP contribution < -0.4 is 0 Å². The minimum Gasteiger partial charge on any atom is -0.327 e. The van der Waals surface area contributed by atoms with Crippen LogP contribution in [-0.2, 0) is 13.0 Å².